The van der Waals surface area contributed by atoms with Crippen molar-refractivity contribution < 1.29 is 9.53 Å². The maximum absolute atomic E-state index is 11.8. The number of halogens is 1. The Labute approximate surface area is 317 Å². The average Bonchev–Trinajstić information content (AvgIpc) is 3.69. The van der Waals surface area contributed by atoms with Crippen molar-refractivity contribution in [1.82, 2.24) is 39.5 Å². The molecule has 2 aromatic carbocycles. The van der Waals surface area contributed by atoms with E-state index in [0.29, 0.717) is 31.0 Å². The number of anilines is 3. The SMILES string of the molecule is Cc1cc(-c2ccnc(Nc3cnn(C)c3)n2)ccc1CN.Cc1nccc(-c2ccc(CCC(=O)OC(C)(C)C)c(C)c2)n1.Cl.Cn1cc(N)cn1. The lowest BCUT2D eigenvalue weighted by Gasteiger charge is -2.19. The maximum atomic E-state index is 11.8. The first-order chi connectivity index (χ1) is 24.7. The molecule has 0 saturated carbocycles. The van der Waals surface area contributed by atoms with Gasteiger partial charge in [0, 0.05) is 63.0 Å². The first-order valence-electron chi connectivity index (χ1n) is 16.9. The van der Waals surface area contributed by atoms with E-state index in [1.54, 1.807) is 40.3 Å². The van der Waals surface area contributed by atoms with Crippen LogP contribution in [0.1, 0.15) is 55.3 Å². The molecule has 0 unspecified atom stereocenters. The largest absolute Gasteiger partial charge is 0.460 e. The van der Waals surface area contributed by atoms with E-state index in [9.17, 15) is 4.79 Å². The van der Waals surface area contributed by atoms with Crippen LogP contribution in [-0.4, -0.2) is 51.1 Å². The predicted molar refractivity (Wildman–Crippen MR) is 213 cm³/mol. The highest BCUT2D eigenvalue weighted by Gasteiger charge is 2.16. The lowest BCUT2D eigenvalue weighted by molar-refractivity contribution is -0.154. The fourth-order valence-corrected chi connectivity index (χ4v) is 5.10. The standard InChI is InChI=1S/C19H24N2O2.C16H18N6.C4H7N3.ClH/c1-13-12-16(17-10-11-20-14(2)21-17)7-6-15(13)8-9-18(22)23-19(3,4)5;1-11-7-12(3-4-13(11)8-17)15-5-6-18-16(21-15)20-14-9-19-22(2)10-14;1-7-3-4(5)2-6-7;/h6-7,10-12H,8-9H2,1-5H3;3-7,9-10H,8,17H2,1-2H3,(H,18,20,21);2-3H,5H2,1H3;1H. The summed E-state index contributed by atoms with van der Waals surface area (Å²) in [4.78, 5) is 29.2. The van der Waals surface area contributed by atoms with Gasteiger partial charge in [-0.25, -0.2) is 19.9 Å². The lowest BCUT2D eigenvalue weighted by Crippen LogP contribution is -2.24. The Bertz CT molecular complexity index is 2070. The molecule has 0 aliphatic carbocycles. The zero-order valence-electron chi connectivity index (χ0n) is 31.7. The van der Waals surface area contributed by atoms with E-state index in [1.165, 1.54) is 5.56 Å². The van der Waals surface area contributed by atoms with Crippen LogP contribution in [-0.2, 0) is 36.6 Å². The van der Waals surface area contributed by atoms with Crippen molar-refractivity contribution in [1.29, 1.82) is 0 Å². The third kappa shape index (κ3) is 13.4. The summed E-state index contributed by atoms with van der Waals surface area (Å²) in [5.41, 5.74) is 20.7. The first-order valence-corrected chi connectivity index (χ1v) is 16.9. The first kappa shape index (κ1) is 41.8. The number of ether oxygens (including phenoxy) is 1. The number of hydrogen-bond donors (Lipinski definition) is 3. The summed E-state index contributed by atoms with van der Waals surface area (Å²) in [6.45, 7) is 12.2. The Morgan fingerprint density at radius 3 is 1.89 bits per heavy atom. The normalized spacial score (nSPS) is 10.6. The van der Waals surface area contributed by atoms with Crippen LogP contribution in [0.25, 0.3) is 22.5 Å². The van der Waals surface area contributed by atoms with Gasteiger partial charge in [-0.15, -0.1) is 12.4 Å². The number of carbonyl (C=O) groups excluding carboxylic acids is 1. The Kier molecular flexibility index (Phi) is 15.2. The van der Waals surface area contributed by atoms with E-state index in [-0.39, 0.29) is 18.4 Å². The number of nitrogens with zero attached hydrogens (tertiary/aromatic N) is 8. The third-order valence-corrected chi connectivity index (χ3v) is 7.63. The van der Waals surface area contributed by atoms with Crippen LogP contribution in [0.5, 0.6) is 0 Å². The summed E-state index contributed by atoms with van der Waals surface area (Å²) < 4.78 is 8.73. The minimum atomic E-state index is -0.430. The second-order valence-corrected chi connectivity index (χ2v) is 13.3. The summed E-state index contributed by atoms with van der Waals surface area (Å²) in [6.07, 6.45) is 11.6. The number of carbonyl (C=O) groups is 1. The smallest absolute Gasteiger partial charge is 0.306 e. The molecule has 0 aliphatic rings. The van der Waals surface area contributed by atoms with Gasteiger partial charge < -0.3 is 21.5 Å². The molecular weight excluding hydrogens is 690 g/mol. The van der Waals surface area contributed by atoms with Crippen molar-refractivity contribution in [2.75, 3.05) is 11.1 Å². The van der Waals surface area contributed by atoms with Crippen LogP contribution in [0.15, 0.2) is 85.7 Å². The quantitative estimate of drug-likeness (QED) is 0.139. The van der Waals surface area contributed by atoms with Gasteiger partial charge in [0.1, 0.15) is 11.4 Å². The fourth-order valence-electron chi connectivity index (χ4n) is 5.10. The average molecular weight is 740 g/mol. The van der Waals surface area contributed by atoms with E-state index >= 15 is 0 Å². The molecule has 0 bridgehead atoms. The molecule has 14 heteroatoms. The van der Waals surface area contributed by atoms with Gasteiger partial charge in [-0.2, -0.15) is 10.2 Å². The highest BCUT2D eigenvalue weighted by Crippen LogP contribution is 2.23. The predicted octanol–water partition coefficient (Wildman–Crippen LogP) is 6.85. The number of nitrogens with one attached hydrogen (secondary N) is 1. The zero-order chi connectivity index (χ0) is 37.8. The minimum absolute atomic E-state index is 0. The van der Waals surface area contributed by atoms with Crippen LogP contribution >= 0.6 is 12.4 Å². The van der Waals surface area contributed by atoms with Gasteiger partial charge in [0.2, 0.25) is 5.95 Å². The number of rotatable bonds is 8. The third-order valence-electron chi connectivity index (χ3n) is 7.63. The molecule has 6 aromatic rings. The molecule has 13 nitrogen and oxygen atoms in total. The van der Waals surface area contributed by atoms with Crippen LogP contribution in [0.2, 0.25) is 0 Å². The topological polar surface area (TPSA) is 178 Å². The van der Waals surface area contributed by atoms with Crippen molar-refractivity contribution in [3.63, 3.8) is 0 Å². The molecule has 0 aliphatic heterocycles. The maximum Gasteiger partial charge on any atom is 0.306 e. The van der Waals surface area contributed by atoms with Crippen molar-refractivity contribution in [2.45, 2.75) is 66.5 Å². The summed E-state index contributed by atoms with van der Waals surface area (Å²) in [5, 5.41) is 11.1. The van der Waals surface area contributed by atoms with Crippen molar-refractivity contribution in [3.8, 4) is 22.5 Å². The zero-order valence-corrected chi connectivity index (χ0v) is 32.5. The molecule has 0 amide bonds. The van der Waals surface area contributed by atoms with Gasteiger partial charge in [0.05, 0.1) is 35.2 Å². The summed E-state index contributed by atoms with van der Waals surface area (Å²) >= 11 is 0. The Balaban J connectivity index is 0.000000237. The molecule has 0 spiro atoms. The molecule has 6 rings (SSSR count). The van der Waals surface area contributed by atoms with Crippen LogP contribution in [0, 0.1) is 20.8 Å². The molecule has 0 saturated heterocycles. The van der Waals surface area contributed by atoms with Crippen LogP contribution in [0.3, 0.4) is 0 Å². The highest BCUT2D eigenvalue weighted by atomic mass is 35.5. The van der Waals surface area contributed by atoms with E-state index in [1.807, 2.05) is 78.3 Å². The number of nitrogen functional groups attached to an aromatic ring is 1. The van der Waals surface area contributed by atoms with E-state index in [0.717, 1.165) is 50.7 Å². The Morgan fingerprint density at radius 1 is 0.811 bits per heavy atom. The molecule has 0 atom stereocenters. The number of aryl methyl sites for hydroxylation is 6. The van der Waals surface area contributed by atoms with Crippen LogP contribution in [0.4, 0.5) is 17.3 Å². The van der Waals surface area contributed by atoms with Gasteiger partial charge >= 0.3 is 5.97 Å². The lowest BCUT2D eigenvalue weighted by atomic mass is 9.99. The van der Waals surface area contributed by atoms with Gasteiger partial charge in [-0.3, -0.25) is 14.2 Å². The number of hydrogen-bond acceptors (Lipinski definition) is 11. The van der Waals surface area contributed by atoms with Gasteiger partial charge in [0.25, 0.3) is 0 Å². The molecule has 0 radical (unpaired) electrons. The molecule has 53 heavy (non-hydrogen) atoms. The van der Waals surface area contributed by atoms with Crippen molar-refractivity contribution in [2.24, 2.45) is 19.8 Å². The van der Waals surface area contributed by atoms with Crippen LogP contribution < -0.4 is 16.8 Å². The highest BCUT2D eigenvalue weighted by molar-refractivity contribution is 5.85. The summed E-state index contributed by atoms with van der Waals surface area (Å²) in [5.74, 6) is 1.15. The van der Waals surface area contributed by atoms with E-state index in [2.05, 4.69) is 67.5 Å². The van der Waals surface area contributed by atoms with Gasteiger partial charge in [-0.05, 0) is 94.5 Å². The minimum Gasteiger partial charge on any atom is -0.460 e. The second-order valence-electron chi connectivity index (χ2n) is 13.3. The van der Waals surface area contributed by atoms with Gasteiger partial charge in [0.15, 0.2) is 0 Å². The number of benzene rings is 2. The molecule has 0 fully saturated rings. The summed E-state index contributed by atoms with van der Waals surface area (Å²) in [6, 6.07) is 16.2. The van der Waals surface area contributed by atoms with Gasteiger partial charge in [-0.1, -0.05) is 24.3 Å². The molecule has 4 heterocycles. The molecule has 280 valence electrons. The Hall–Kier alpha value is -5.66. The van der Waals surface area contributed by atoms with Crippen molar-refractivity contribution >= 4 is 35.7 Å². The second kappa shape index (κ2) is 19.3. The van der Waals surface area contributed by atoms with E-state index in [4.69, 9.17) is 16.2 Å². The van der Waals surface area contributed by atoms with E-state index < -0.39 is 5.60 Å². The molecule has 4 aromatic heterocycles. The monoisotopic (exact) mass is 739 g/mol. The molecule has 5 N–H and O–H groups in total. The Morgan fingerprint density at radius 2 is 1.40 bits per heavy atom. The summed E-state index contributed by atoms with van der Waals surface area (Å²) in [7, 11) is 3.70. The fraction of sp³-hybridized carbons (Fsp3) is 0.308. The number of esters is 1. The number of aromatic nitrogens is 8. The molecular formula is C39H50ClN11O2. The number of nitrogens with two attached hydrogens (primary N) is 2. The van der Waals surface area contributed by atoms with Crippen molar-refractivity contribution in [3.05, 3.63) is 114 Å².